The highest BCUT2D eigenvalue weighted by molar-refractivity contribution is 6.41. The zero-order valence-corrected chi connectivity index (χ0v) is 13.7. The summed E-state index contributed by atoms with van der Waals surface area (Å²) in [7, 11) is 1.79. The summed E-state index contributed by atoms with van der Waals surface area (Å²) >= 11 is 0. The van der Waals surface area contributed by atoms with Gasteiger partial charge in [0.2, 0.25) is 0 Å². The molecule has 0 aromatic heterocycles. The number of phenols is 1. The lowest BCUT2D eigenvalue weighted by molar-refractivity contribution is -0.000397. The highest BCUT2D eigenvalue weighted by atomic mass is 16.5. The van der Waals surface area contributed by atoms with Crippen molar-refractivity contribution in [1.82, 2.24) is 0 Å². The lowest BCUT2D eigenvalue weighted by atomic mass is 9.65. The Labute approximate surface area is 136 Å². The Balaban J connectivity index is 1.86. The van der Waals surface area contributed by atoms with E-state index in [9.17, 15) is 5.11 Å². The number of hydrogen-bond donors (Lipinski definition) is 2. The average molecular weight is 313 g/mol. The minimum Gasteiger partial charge on any atom is -0.508 e. The number of nitrogens with two attached hydrogens (primary N) is 1. The highest BCUT2D eigenvalue weighted by Crippen LogP contribution is 2.62. The molecule has 4 rings (SSSR count). The van der Waals surface area contributed by atoms with Crippen LogP contribution >= 0.6 is 0 Å². The summed E-state index contributed by atoms with van der Waals surface area (Å²) in [4.78, 5) is 9.80. The normalized spacial score (nSPS) is 35.5. The number of aliphatic imine (C=N–C) groups is 2. The molecular formula is C18H23N3O2. The van der Waals surface area contributed by atoms with E-state index < -0.39 is 5.66 Å². The van der Waals surface area contributed by atoms with Crippen LogP contribution in [0.25, 0.3) is 0 Å². The Morgan fingerprint density at radius 1 is 1.26 bits per heavy atom. The molecule has 1 heterocycles. The van der Waals surface area contributed by atoms with E-state index in [1.54, 1.807) is 13.2 Å². The maximum Gasteiger partial charge on any atom is 0.184 e. The summed E-state index contributed by atoms with van der Waals surface area (Å²) in [6.07, 6.45) is 5.31. The van der Waals surface area contributed by atoms with Crippen LogP contribution in [0, 0.1) is 5.41 Å². The largest absolute Gasteiger partial charge is 0.508 e. The predicted molar refractivity (Wildman–Crippen MR) is 89.9 cm³/mol. The fourth-order valence-electron chi connectivity index (χ4n) is 4.66. The summed E-state index contributed by atoms with van der Waals surface area (Å²) in [6.45, 7) is 1.92. The molecule has 0 amide bonds. The van der Waals surface area contributed by atoms with E-state index in [0.29, 0.717) is 11.9 Å². The van der Waals surface area contributed by atoms with Gasteiger partial charge in [-0.25, -0.2) is 4.99 Å². The average Bonchev–Trinajstić information content (AvgIpc) is 2.97. The Morgan fingerprint density at radius 2 is 2.00 bits per heavy atom. The van der Waals surface area contributed by atoms with Crippen molar-refractivity contribution in [2.45, 2.75) is 50.8 Å². The van der Waals surface area contributed by atoms with Crippen molar-refractivity contribution >= 4 is 11.5 Å². The topological polar surface area (TPSA) is 80.2 Å². The van der Waals surface area contributed by atoms with Crippen molar-refractivity contribution in [3.63, 3.8) is 0 Å². The SMILES string of the molecule is COC1CCC2(CC1)Cc1ccc(O)cc1C21N=C(C)C(N)=N1. The number of hydrogen-bond acceptors (Lipinski definition) is 5. The molecule has 1 saturated carbocycles. The Morgan fingerprint density at radius 3 is 2.61 bits per heavy atom. The van der Waals surface area contributed by atoms with Crippen molar-refractivity contribution in [3.8, 4) is 5.75 Å². The molecule has 5 nitrogen and oxygen atoms in total. The summed E-state index contributed by atoms with van der Waals surface area (Å²) in [6, 6.07) is 5.59. The van der Waals surface area contributed by atoms with Crippen LogP contribution in [0.2, 0.25) is 0 Å². The van der Waals surface area contributed by atoms with Crippen LogP contribution in [0.3, 0.4) is 0 Å². The molecule has 3 aliphatic rings. The molecule has 0 bridgehead atoms. The van der Waals surface area contributed by atoms with E-state index in [2.05, 4.69) is 0 Å². The van der Waals surface area contributed by atoms with Crippen LogP contribution in [0.4, 0.5) is 0 Å². The van der Waals surface area contributed by atoms with Crippen molar-refractivity contribution in [2.24, 2.45) is 21.1 Å². The first-order valence-electron chi connectivity index (χ1n) is 8.27. The molecule has 1 atom stereocenters. The lowest BCUT2D eigenvalue weighted by Crippen LogP contribution is -2.43. The molecule has 122 valence electrons. The monoisotopic (exact) mass is 313 g/mol. The van der Waals surface area contributed by atoms with Crippen LogP contribution in [0.1, 0.15) is 43.7 Å². The first kappa shape index (κ1) is 14.7. The van der Waals surface area contributed by atoms with E-state index in [1.165, 1.54) is 5.56 Å². The second-order valence-corrected chi connectivity index (χ2v) is 7.10. The Hall–Kier alpha value is -1.88. The van der Waals surface area contributed by atoms with Gasteiger partial charge in [0.15, 0.2) is 5.66 Å². The van der Waals surface area contributed by atoms with E-state index in [4.69, 9.17) is 20.5 Å². The zero-order valence-electron chi connectivity index (χ0n) is 13.7. The van der Waals surface area contributed by atoms with Crippen LogP contribution in [0.15, 0.2) is 28.2 Å². The predicted octanol–water partition coefficient (Wildman–Crippen LogP) is 2.51. The maximum absolute atomic E-state index is 9.99. The molecule has 1 aliphatic heterocycles. The van der Waals surface area contributed by atoms with E-state index >= 15 is 0 Å². The van der Waals surface area contributed by atoms with Crippen molar-refractivity contribution < 1.29 is 9.84 Å². The molecule has 1 fully saturated rings. The summed E-state index contributed by atoms with van der Waals surface area (Å²) in [5, 5.41) is 9.99. The lowest BCUT2D eigenvalue weighted by Gasteiger charge is -2.44. The van der Waals surface area contributed by atoms with Crippen LogP contribution in [0.5, 0.6) is 5.75 Å². The third-order valence-corrected chi connectivity index (χ3v) is 5.94. The van der Waals surface area contributed by atoms with Crippen LogP contribution in [-0.2, 0) is 16.8 Å². The second kappa shape index (κ2) is 4.81. The molecule has 1 aromatic carbocycles. The van der Waals surface area contributed by atoms with Gasteiger partial charge in [-0.3, -0.25) is 4.99 Å². The fraction of sp³-hybridized carbons (Fsp3) is 0.556. The fourth-order valence-corrected chi connectivity index (χ4v) is 4.66. The number of amidine groups is 1. The maximum atomic E-state index is 9.99. The molecule has 0 saturated heterocycles. The van der Waals surface area contributed by atoms with E-state index in [1.807, 2.05) is 19.1 Å². The number of rotatable bonds is 1. The molecule has 1 unspecified atom stereocenters. The minimum atomic E-state index is -0.659. The number of ether oxygens (including phenoxy) is 1. The van der Waals surface area contributed by atoms with Gasteiger partial charge in [0.25, 0.3) is 0 Å². The van der Waals surface area contributed by atoms with Gasteiger partial charge < -0.3 is 15.6 Å². The number of fused-ring (bicyclic) bond motifs is 3. The number of methoxy groups -OCH3 is 1. The van der Waals surface area contributed by atoms with Gasteiger partial charge in [-0.15, -0.1) is 0 Å². The molecule has 0 radical (unpaired) electrons. The first-order chi connectivity index (χ1) is 11.0. The standard InChI is InChI=1S/C18H23N3O2/c1-11-16(19)21-18(20-11)15-9-13(22)4-3-12(15)10-17(18)7-5-14(23-2)6-8-17/h3-4,9,14,22H,5-8,10H2,1-2H3,(H2,19,21). The van der Waals surface area contributed by atoms with Gasteiger partial charge in [-0.1, -0.05) is 6.07 Å². The summed E-state index contributed by atoms with van der Waals surface area (Å²) in [5.74, 6) is 0.786. The van der Waals surface area contributed by atoms with Crippen LogP contribution < -0.4 is 5.73 Å². The molecule has 5 heteroatoms. The van der Waals surface area contributed by atoms with Gasteiger partial charge in [0.1, 0.15) is 11.6 Å². The zero-order chi connectivity index (χ0) is 16.2. The number of benzene rings is 1. The van der Waals surface area contributed by atoms with Gasteiger partial charge >= 0.3 is 0 Å². The third-order valence-electron chi connectivity index (χ3n) is 5.94. The van der Waals surface area contributed by atoms with Crippen molar-refractivity contribution in [3.05, 3.63) is 29.3 Å². The van der Waals surface area contributed by atoms with Crippen LogP contribution in [-0.4, -0.2) is 29.9 Å². The highest BCUT2D eigenvalue weighted by Gasteiger charge is 2.60. The molecule has 1 aromatic rings. The van der Waals surface area contributed by atoms with Gasteiger partial charge in [0.05, 0.1) is 11.8 Å². The van der Waals surface area contributed by atoms with E-state index in [0.717, 1.165) is 43.4 Å². The van der Waals surface area contributed by atoms with Gasteiger partial charge in [-0.2, -0.15) is 0 Å². The summed E-state index contributed by atoms with van der Waals surface area (Å²) < 4.78 is 5.55. The number of nitrogens with zero attached hydrogens (tertiary/aromatic N) is 2. The molecular weight excluding hydrogens is 290 g/mol. The van der Waals surface area contributed by atoms with E-state index in [-0.39, 0.29) is 11.2 Å². The molecule has 3 N–H and O–H groups in total. The van der Waals surface area contributed by atoms with Gasteiger partial charge in [-0.05, 0) is 56.7 Å². The molecule has 23 heavy (non-hydrogen) atoms. The quantitative estimate of drug-likeness (QED) is 0.836. The molecule has 2 aliphatic carbocycles. The van der Waals surface area contributed by atoms with Crippen molar-refractivity contribution in [2.75, 3.05) is 7.11 Å². The Kier molecular flexibility index (Phi) is 3.07. The number of aromatic hydroxyl groups is 1. The Bertz CT molecular complexity index is 697. The van der Waals surface area contributed by atoms with Crippen molar-refractivity contribution in [1.29, 1.82) is 0 Å². The first-order valence-corrected chi connectivity index (χ1v) is 8.27. The molecule has 2 spiro atoms. The minimum absolute atomic E-state index is 0.0550. The van der Waals surface area contributed by atoms with Gasteiger partial charge in [0, 0.05) is 18.1 Å². The smallest absolute Gasteiger partial charge is 0.184 e. The number of phenolic OH excluding ortho intramolecular Hbond substituents is 1. The summed E-state index contributed by atoms with van der Waals surface area (Å²) in [5.41, 5.74) is 8.44. The second-order valence-electron chi connectivity index (χ2n) is 7.10. The third kappa shape index (κ3) is 1.89.